The zero-order valence-electron chi connectivity index (χ0n) is 18.7. The fourth-order valence-corrected chi connectivity index (χ4v) is 6.87. The van der Waals surface area contributed by atoms with Gasteiger partial charge in [0.05, 0.1) is 6.67 Å². The molecule has 0 radical (unpaired) electrons. The van der Waals surface area contributed by atoms with Gasteiger partial charge in [0.25, 0.3) is 0 Å². The van der Waals surface area contributed by atoms with Gasteiger partial charge in [0.2, 0.25) is 0 Å². The Morgan fingerprint density at radius 3 is 1.96 bits per heavy atom. The predicted octanol–water partition coefficient (Wildman–Crippen LogP) is 4.99. The molecule has 0 bridgehead atoms. The van der Waals surface area contributed by atoms with E-state index in [1.54, 1.807) is 0 Å². The third-order valence-corrected chi connectivity index (χ3v) is 8.77. The lowest BCUT2D eigenvalue weighted by atomic mass is 10.0. The van der Waals surface area contributed by atoms with Crippen LogP contribution in [0.5, 0.6) is 0 Å². The van der Waals surface area contributed by atoms with Gasteiger partial charge in [0.15, 0.2) is 0 Å². The minimum absolute atomic E-state index is 0.262. The normalized spacial score (nSPS) is 15.5. The standard InChI is InChI=1S/C22H38N2O3Si/c1-8-25-28(26-9-2,27-10-3)21(7)11-12-23-13-14-24(17-23)22-19(5)15-18(4)16-20(22)6/h13-16,21H,8-12,17H2,1-7H3. The third kappa shape index (κ3) is 5.38. The van der Waals surface area contributed by atoms with Crippen LogP contribution < -0.4 is 4.90 Å². The van der Waals surface area contributed by atoms with Crippen LogP contribution in [0.15, 0.2) is 24.5 Å². The minimum atomic E-state index is -2.64. The summed E-state index contributed by atoms with van der Waals surface area (Å²) in [6, 6.07) is 4.51. The molecule has 1 unspecified atom stereocenters. The molecule has 0 N–H and O–H groups in total. The topological polar surface area (TPSA) is 34.2 Å². The lowest BCUT2D eigenvalue weighted by Crippen LogP contribution is -2.50. The SMILES string of the molecule is CCO[Si](OCC)(OCC)C(C)CCN1C=CN(c2c(C)cc(C)cc2C)C1. The van der Waals surface area contributed by atoms with Crippen molar-refractivity contribution in [3.05, 3.63) is 41.2 Å². The third-order valence-electron chi connectivity index (χ3n) is 5.20. The summed E-state index contributed by atoms with van der Waals surface area (Å²) in [5.41, 5.74) is 5.55. The molecule has 0 amide bonds. The second-order valence-corrected chi connectivity index (χ2v) is 10.6. The number of hydrogen-bond donors (Lipinski definition) is 0. The van der Waals surface area contributed by atoms with Crippen LogP contribution in [0.1, 0.15) is 50.8 Å². The molecule has 0 saturated carbocycles. The maximum Gasteiger partial charge on any atom is 0.503 e. The smallest absolute Gasteiger partial charge is 0.374 e. The molecule has 1 aromatic rings. The van der Waals surface area contributed by atoms with Crippen LogP contribution in [0.4, 0.5) is 5.69 Å². The molecule has 0 aliphatic carbocycles. The van der Waals surface area contributed by atoms with E-state index in [1.807, 2.05) is 20.8 Å². The van der Waals surface area contributed by atoms with Gasteiger partial charge in [-0.25, -0.2) is 0 Å². The maximum absolute atomic E-state index is 6.07. The van der Waals surface area contributed by atoms with Crippen LogP contribution in [0, 0.1) is 20.8 Å². The molecule has 0 aromatic heterocycles. The molecule has 5 nitrogen and oxygen atoms in total. The average molecular weight is 407 g/mol. The predicted molar refractivity (Wildman–Crippen MR) is 119 cm³/mol. The van der Waals surface area contributed by atoms with E-state index in [0.29, 0.717) is 19.8 Å². The number of rotatable bonds is 11. The fraction of sp³-hybridized carbons (Fsp3) is 0.636. The first-order valence-corrected chi connectivity index (χ1v) is 12.4. The van der Waals surface area contributed by atoms with Crippen molar-refractivity contribution < 1.29 is 13.3 Å². The van der Waals surface area contributed by atoms with Gasteiger partial charge in [-0.1, -0.05) is 24.6 Å². The highest BCUT2D eigenvalue weighted by molar-refractivity contribution is 6.62. The summed E-state index contributed by atoms with van der Waals surface area (Å²) in [5.74, 6) is 0. The largest absolute Gasteiger partial charge is 0.503 e. The maximum atomic E-state index is 6.07. The fourth-order valence-electron chi connectivity index (χ4n) is 4.07. The molecule has 1 aliphatic rings. The second kappa shape index (κ2) is 10.4. The average Bonchev–Trinajstić information content (AvgIpc) is 3.07. The van der Waals surface area contributed by atoms with Crippen LogP contribution in [0.25, 0.3) is 0 Å². The highest BCUT2D eigenvalue weighted by atomic mass is 28.4. The Morgan fingerprint density at radius 1 is 0.929 bits per heavy atom. The van der Waals surface area contributed by atoms with Crippen LogP contribution in [0.2, 0.25) is 5.54 Å². The van der Waals surface area contributed by atoms with Gasteiger partial charge >= 0.3 is 8.80 Å². The highest BCUT2D eigenvalue weighted by Gasteiger charge is 2.46. The van der Waals surface area contributed by atoms with Gasteiger partial charge in [-0.05, 0) is 59.1 Å². The molecule has 1 aliphatic heterocycles. The quantitative estimate of drug-likeness (QED) is 0.484. The summed E-state index contributed by atoms with van der Waals surface area (Å²) in [5, 5.41) is 0. The van der Waals surface area contributed by atoms with Gasteiger partial charge < -0.3 is 23.1 Å². The van der Waals surface area contributed by atoms with Gasteiger partial charge in [0.1, 0.15) is 0 Å². The van der Waals surface area contributed by atoms with E-state index < -0.39 is 8.80 Å². The molecule has 6 heteroatoms. The van der Waals surface area contributed by atoms with E-state index in [9.17, 15) is 0 Å². The summed E-state index contributed by atoms with van der Waals surface area (Å²) < 4.78 is 18.2. The van der Waals surface area contributed by atoms with E-state index in [4.69, 9.17) is 13.3 Å². The van der Waals surface area contributed by atoms with E-state index >= 15 is 0 Å². The molecular formula is C22H38N2O3Si. The molecule has 0 saturated heterocycles. The Bertz CT molecular complexity index is 625. The van der Waals surface area contributed by atoms with Crippen molar-refractivity contribution in [1.82, 2.24) is 4.90 Å². The first-order valence-electron chi connectivity index (χ1n) is 10.6. The molecule has 1 atom stereocenters. The number of hydrogen-bond acceptors (Lipinski definition) is 5. The highest BCUT2D eigenvalue weighted by Crippen LogP contribution is 2.31. The van der Waals surface area contributed by atoms with E-state index in [2.05, 4.69) is 62.0 Å². The Labute approximate surface area is 172 Å². The summed E-state index contributed by atoms with van der Waals surface area (Å²) in [6.45, 7) is 18.5. The summed E-state index contributed by atoms with van der Waals surface area (Å²) in [4.78, 5) is 4.70. The molecular weight excluding hydrogens is 368 g/mol. The van der Waals surface area contributed by atoms with Crippen molar-refractivity contribution >= 4 is 14.5 Å². The second-order valence-electron chi connectivity index (χ2n) is 7.56. The zero-order valence-corrected chi connectivity index (χ0v) is 19.7. The first kappa shape index (κ1) is 22.9. The molecule has 2 rings (SSSR count). The van der Waals surface area contributed by atoms with Crippen LogP contribution in [-0.2, 0) is 13.3 Å². The van der Waals surface area contributed by atoms with E-state index in [0.717, 1.165) is 19.6 Å². The van der Waals surface area contributed by atoms with Crippen molar-refractivity contribution in [1.29, 1.82) is 0 Å². The van der Waals surface area contributed by atoms with Crippen molar-refractivity contribution in [2.24, 2.45) is 0 Å². The molecule has 0 fully saturated rings. The van der Waals surface area contributed by atoms with E-state index in [1.165, 1.54) is 22.4 Å². The van der Waals surface area contributed by atoms with Crippen molar-refractivity contribution in [2.75, 3.05) is 37.9 Å². The molecule has 1 heterocycles. The summed E-state index contributed by atoms with van der Waals surface area (Å²) >= 11 is 0. The van der Waals surface area contributed by atoms with Crippen molar-refractivity contribution in [3.63, 3.8) is 0 Å². The number of aryl methyl sites for hydroxylation is 3. The van der Waals surface area contributed by atoms with Crippen LogP contribution in [-0.4, -0.2) is 46.7 Å². The Hall–Kier alpha value is -1.34. The van der Waals surface area contributed by atoms with Gasteiger partial charge in [-0.15, -0.1) is 0 Å². The van der Waals surface area contributed by atoms with Gasteiger partial charge in [0, 0.05) is 50.0 Å². The minimum Gasteiger partial charge on any atom is -0.374 e. The Morgan fingerprint density at radius 2 is 1.46 bits per heavy atom. The molecule has 0 spiro atoms. The monoisotopic (exact) mass is 406 g/mol. The lowest BCUT2D eigenvalue weighted by Gasteiger charge is -2.34. The molecule has 1 aromatic carbocycles. The zero-order chi connectivity index (χ0) is 20.7. The van der Waals surface area contributed by atoms with Gasteiger partial charge in [-0.3, -0.25) is 0 Å². The van der Waals surface area contributed by atoms with Crippen molar-refractivity contribution in [2.45, 2.75) is 60.4 Å². The Balaban J connectivity index is 1.99. The summed E-state index contributed by atoms with van der Waals surface area (Å²) in [7, 11) is -2.64. The number of nitrogens with zero attached hydrogens (tertiary/aromatic N) is 2. The molecule has 28 heavy (non-hydrogen) atoms. The van der Waals surface area contributed by atoms with Crippen molar-refractivity contribution in [3.8, 4) is 0 Å². The lowest BCUT2D eigenvalue weighted by molar-refractivity contribution is 0.0608. The van der Waals surface area contributed by atoms with Crippen LogP contribution in [0.3, 0.4) is 0 Å². The number of benzene rings is 1. The van der Waals surface area contributed by atoms with E-state index in [-0.39, 0.29) is 5.54 Å². The first-order chi connectivity index (χ1) is 13.4. The summed E-state index contributed by atoms with van der Waals surface area (Å²) in [6.07, 6.45) is 5.36. The molecule has 158 valence electrons. The number of anilines is 1. The van der Waals surface area contributed by atoms with Gasteiger partial charge in [-0.2, -0.15) is 0 Å². The Kier molecular flexibility index (Phi) is 8.55. The van der Waals surface area contributed by atoms with Crippen LogP contribution >= 0.6 is 0 Å².